The molecule has 5 heteroatoms. The summed E-state index contributed by atoms with van der Waals surface area (Å²) in [6.07, 6.45) is 3.09. The molecule has 0 heterocycles. The first kappa shape index (κ1) is 17.8. The molecule has 0 radical (unpaired) electrons. The number of benzene rings is 1. The third-order valence-corrected chi connectivity index (χ3v) is 3.82. The standard InChI is InChI=1S/C16H23ClO4/c1-11(7-5-6-8-19-2)12-10-15(20-3)13(9-14(12)17)16(18)21-4/h9-11H,5-8H2,1-4H3. The molecule has 0 fully saturated rings. The number of hydrogen-bond acceptors (Lipinski definition) is 4. The van der Waals surface area contributed by atoms with Gasteiger partial charge in [0.2, 0.25) is 0 Å². The number of methoxy groups -OCH3 is 3. The molecule has 4 nitrogen and oxygen atoms in total. The van der Waals surface area contributed by atoms with Crippen LogP contribution in [0, 0.1) is 0 Å². The molecule has 0 aliphatic rings. The minimum atomic E-state index is -0.451. The van der Waals surface area contributed by atoms with E-state index in [0.29, 0.717) is 16.3 Å². The average molecular weight is 315 g/mol. The van der Waals surface area contributed by atoms with Crippen molar-refractivity contribution in [1.29, 1.82) is 0 Å². The first-order valence-corrected chi connectivity index (χ1v) is 7.37. The van der Waals surface area contributed by atoms with Gasteiger partial charge in [-0.05, 0) is 36.5 Å². The molecule has 21 heavy (non-hydrogen) atoms. The van der Waals surface area contributed by atoms with Crippen LogP contribution in [-0.2, 0) is 9.47 Å². The number of halogens is 1. The molecule has 0 saturated carbocycles. The van der Waals surface area contributed by atoms with Gasteiger partial charge in [-0.3, -0.25) is 0 Å². The molecule has 0 aliphatic carbocycles. The van der Waals surface area contributed by atoms with Crippen LogP contribution >= 0.6 is 11.6 Å². The molecule has 0 amide bonds. The highest BCUT2D eigenvalue weighted by molar-refractivity contribution is 6.31. The number of esters is 1. The van der Waals surface area contributed by atoms with Crippen LogP contribution in [-0.4, -0.2) is 33.9 Å². The number of carbonyl (C=O) groups excluding carboxylic acids is 1. The number of hydrogen-bond donors (Lipinski definition) is 0. The van der Waals surface area contributed by atoms with Crippen molar-refractivity contribution in [3.63, 3.8) is 0 Å². The van der Waals surface area contributed by atoms with Crippen molar-refractivity contribution in [3.8, 4) is 5.75 Å². The van der Waals surface area contributed by atoms with Gasteiger partial charge in [-0.15, -0.1) is 0 Å². The van der Waals surface area contributed by atoms with Crippen LogP contribution < -0.4 is 4.74 Å². The second kappa shape index (κ2) is 8.90. The lowest BCUT2D eigenvalue weighted by atomic mass is 9.94. The first-order valence-electron chi connectivity index (χ1n) is 6.99. The van der Waals surface area contributed by atoms with E-state index in [-0.39, 0.29) is 5.92 Å². The van der Waals surface area contributed by atoms with E-state index in [9.17, 15) is 4.79 Å². The lowest BCUT2D eigenvalue weighted by Gasteiger charge is -2.16. The summed E-state index contributed by atoms with van der Waals surface area (Å²) in [6, 6.07) is 3.45. The van der Waals surface area contributed by atoms with E-state index in [4.69, 9.17) is 25.8 Å². The summed E-state index contributed by atoms with van der Waals surface area (Å²) in [5.41, 5.74) is 1.33. The molecule has 0 saturated heterocycles. The van der Waals surface area contributed by atoms with E-state index in [1.807, 2.05) is 6.07 Å². The Balaban J connectivity index is 2.90. The van der Waals surface area contributed by atoms with E-state index in [2.05, 4.69) is 6.92 Å². The fourth-order valence-corrected chi connectivity index (χ4v) is 2.59. The number of unbranched alkanes of at least 4 members (excludes halogenated alkanes) is 1. The van der Waals surface area contributed by atoms with E-state index >= 15 is 0 Å². The Morgan fingerprint density at radius 3 is 2.52 bits per heavy atom. The third kappa shape index (κ3) is 4.90. The molecule has 1 unspecified atom stereocenters. The topological polar surface area (TPSA) is 44.8 Å². The van der Waals surface area contributed by atoms with Gasteiger partial charge in [-0.1, -0.05) is 24.9 Å². The highest BCUT2D eigenvalue weighted by Crippen LogP contribution is 2.34. The van der Waals surface area contributed by atoms with Crippen LogP contribution in [0.5, 0.6) is 5.75 Å². The van der Waals surface area contributed by atoms with Crippen LogP contribution in [0.4, 0.5) is 0 Å². The summed E-state index contributed by atoms with van der Waals surface area (Å²) in [5, 5.41) is 0.565. The van der Waals surface area contributed by atoms with Gasteiger partial charge in [-0.2, -0.15) is 0 Å². The zero-order chi connectivity index (χ0) is 15.8. The van der Waals surface area contributed by atoms with E-state index in [1.165, 1.54) is 14.2 Å². The number of ether oxygens (including phenoxy) is 3. The average Bonchev–Trinajstić information content (AvgIpc) is 2.50. The summed E-state index contributed by atoms with van der Waals surface area (Å²) < 4.78 is 15.1. The molecule has 1 atom stereocenters. The van der Waals surface area contributed by atoms with Crippen molar-refractivity contribution in [2.75, 3.05) is 27.9 Å². The second-order valence-corrected chi connectivity index (χ2v) is 5.36. The maximum absolute atomic E-state index is 11.7. The van der Waals surface area contributed by atoms with Crippen LogP contribution in [0.25, 0.3) is 0 Å². The van der Waals surface area contributed by atoms with Gasteiger partial charge in [-0.25, -0.2) is 4.79 Å². The van der Waals surface area contributed by atoms with Gasteiger partial charge >= 0.3 is 5.97 Å². The summed E-state index contributed by atoms with van der Waals surface area (Å²) in [5.74, 6) is 0.327. The van der Waals surface area contributed by atoms with Crippen molar-refractivity contribution < 1.29 is 19.0 Å². The highest BCUT2D eigenvalue weighted by Gasteiger charge is 2.18. The van der Waals surface area contributed by atoms with Crippen molar-refractivity contribution in [1.82, 2.24) is 0 Å². The molecule has 118 valence electrons. The van der Waals surface area contributed by atoms with Crippen LogP contribution in [0.15, 0.2) is 12.1 Å². The molecule has 1 aromatic carbocycles. The van der Waals surface area contributed by atoms with E-state index < -0.39 is 5.97 Å². The monoisotopic (exact) mass is 314 g/mol. The number of rotatable bonds is 8. The van der Waals surface area contributed by atoms with Gasteiger partial charge < -0.3 is 14.2 Å². The summed E-state index contributed by atoms with van der Waals surface area (Å²) >= 11 is 6.31. The summed E-state index contributed by atoms with van der Waals surface area (Å²) in [7, 11) is 4.57. The Bertz CT molecular complexity index is 474. The zero-order valence-electron chi connectivity index (χ0n) is 13.1. The Hall–Kier alpha value is -1.26. The van der Waals surface area contributed by atoms with Gasteiger partial charge in [0.15, 0.2) is 0 Å². The Kier molecular flexibility index (Phi) is 7.54. The lowest BCUT2D eigenvalue weighted by molar-refractivity contribution is 0.0597. The van der Waals surface area contributed by atoms with Gasteiger partial charge in [0, 0.05) is 18.7 Å². The molecule has 0 aliphatic heterocycles. The quantitative estimate of drug-likeness (QED) is 0.536. The molecule has 0 spiro atoms. The predicted molar refractivity (Wildman–Crippen MR) is 83.5 cm³/mol. The highest BCUT2D eigenvalue weighted by atomic mass is 35.5. The minimum Gasteiger partial charge on any atom is -0.496 e. The normalized spacial score (nSPS) is 12.0. The van der Waals surface area contributed by atoms with Crippen molar-refractivity contribution in [2.45, 2.75) is 32.1 Å². The summed E-state index contributed by atoms with van der Waals surface area (Å²) in [4.78, 5) is 11.7. The molecule has 1 rings (SSSR count). The Morgan fingerprint density at radius 1 is 1.24 bits per heavy atom. The van der Waals surface area contributed by atoms with Gasteiger partial charge in [0.25, 0.3) is 0 Å². The molecular formula is C16H23ClO4. The SMILES string of the molecule is COCCCCC(C)c1cc(OC)c(C(=O)OC)cc1Cl. The molecule has 0 aromatic heterocycles. The number of carbonyl (C=O) groups is 1. The van der Waals surface area contributed by atoms with Crippen LogP contribution in [0.2, 0.25) is 5.02 Å². The smallest absolute Gasteiger partial charge is 0.341 e. The summed E-state index contributed by atoms with van der Waals surface area (Å²) in [6.45, 7) is 2.89. The van der Waals surface area contributed by atoms with Crippen LogP contribution in [0.3, 0.4) is 0 Å². The zero-order valence-corrected chi connectivity index (χ0v) is 13.8. The molecule has 0 N–H and O–H groups in total. The van der Waals surface area contributed by atoms with Crippen molar-refractivity contribution in [2.24, 2.45) is 0 Å². The minimum absolute atomic E-state index is 0.287. The Morgan fingerprint density at radius 2 is 1.95 bits per heavy atom. The van der Waals surface area contributed by atoms with Crippen molar-refractivity contribution in [3.05, 3.63) is 28.3 Å². The molecule has 1 aromatic rings. The van der Waals surface area contributed by atoms with Gasteiger partial charge in [0.05, 0.1) is 14.2 Å². The van der Waals surface area contributed by atoms with Crippen LogP contribution in [0.1, 0.15) is 48.0 Å². The lowest BCUT2D eigenvalue weighted by Crippen LogP contribution is -2.06. The molecular weight excluding hydrogens is 292 g/mol. The van der Waals surface area contributed by atoms with Gasteiger partial charge in [0.1, 0.15) is 11.3 Å². The predicted octanol–water partition coefficient (Wildman–Crippen LogP) is 4.06. The third-order valence-electron chi connectivity index (χ3n) is 3.49. The first-order chi connectivity index (χ1) is 10.0. The maximum Gasteiger partial charge on any atom is 0.341 e. The van der Waals surface area contributed by atoms with Crippen molar-refractivity contribution >= 4 is 17.6 Å². The second-order valence-electron chi connectivity index (χ2n) is 4.96. The fourth-order valence-electron chi connectivity index (χ4n) is 2.24. The largest absolute Gasteiger partial charge is 0.496 e. The van der Waals surface area contributed by atoms with E-state index in [0.717, 1.165) is 31.4 Å². The van der Waals surface area contributed by atoms with E-state index in [1.54, 1.807) is 13.2 Å². The molecule has 0 bridgehead atoms. The fraction of sp³-hybridized carbons (Fsp3) is 0.562. The Labute approximate surface area is 131 Å². The maximum atomic E-state index is 11.7.